The van der Waals surface area contributed by atoms with Gasteiger partial charge in [0.15, 0.2) is 0 Å². The number of aromatic hydroxyl groups is 1. The van der Waals surface area contributed by atoms with Crippen LogP contribution in [0.2, 0.25) is 0 Å². The van der Waals surface area contributed by atoms with Crippen molar-refractivity contribution in [1.82, 2.24) is 0 Å². The van der Waals surface area contributed by atoms with Crippen LogP contribution in [0, 0.1) is 13.8 Å². The Balaban J connectivity index is 0.00000180. The van der Waals surface area contributed by atoms with E-state index >= 15 is 0 Å². The summed E-state index contributed by atoms with van der Waals surface area (Å²) in [4.78, 5) is 12.1. The molecule has 0 radical (unpaired) electrons. The van der Waals surface area contributed by atoms with Crippen LogP contribution < -0.4 is 24.2 Å². The summed E-state index contributed by atoms with van der Waals surface area (Å²) in [5.41, 5.74) is 2.94. The topological polar surface area (TPSA) is 37.3 Å². The molecule has 0 saturated carbocycles. The zero-order chi connectivity index (χ0) is 13.1. The van der Waals surface area contributed by atoms with Crippen molar-refractivity contribution in [3.8, 4) is 5.75 Å². The Hall–Kier alpha value is -1.06. The maximum absolute atomic E-state index is 12.1. The standard InChI is InChI=1S/C15H14O2P.Li/c1-10-3-4-11(2)14(9-10)18-15(17)12-5-7-13(16)8-6-12;/h3-9,16H,1-2H3;/q-1;+1. The molecule has 1 N–H and O–H groups in total. The van der Waals surface area contributed by atoms with Gasteiger partial charge in [-0.15, -0.1) is 0 Å². The molecule has 0 aromatic heterocycles. The molecule has 0 bridgehead atoms. The van der Waals surface area contributed by atoms with Crippen molar-refractivity contribution in [3.05, 3.63) is 59.2 Å². The predicted molar refractivity (Wildman–Crippen MR) is 74.9 cm³/mol. The molecule has 0 fully saturated rings. The number of phenolic OH excluding ortho intramolecular Hbond substituents is 1. The summed E-state index contributed by atoms with van der Waals surface area (Å²) in [6.45, 7) is 4.02. The number of benzene rings is 2. The third kappa shape index (κ3) is 4.22. The Bertz CT molecular complexity index is 579. The minimum absolute atomic E-state index is 0. The molecule has 19 heavy (non-hydrogen) atoms. The van der Waals surface area contributed by atoms with Crippen LogP contribution >= 0.6 is 8.58 Å². The second kappa shape index (κ2) is 6.92. The van der Waals surface area contributed by atoms with Crippen LogP contribution in [-0.4, -0.2) is 10.6 Å². The van der Waals surface area contributed by atoms with Crippen LogP contribution in [0.4, 0.5) is 0 Å². The average molecular weight is 264 g/mol. The van der Waals surface area contributed by atoms with Crippen molar-refractivity contribution >= 4 is 19.4 Å². The minimum Gasteiger partial charge on any atom is -0.508 e. The molecule has 0 amide bonds. The number of carbonyl (C=O) groups excluding carboxylic acids is 1. The second-order valence-corrected chi connectivity index (χ2v) is 5.37. The number of aryl methyl sites for hydroxylation is 2. The molecule has 0 saturated heterocycles. The molecule has 0 unspecified atom stereocenters. The summed E-state index contributed by atoms with van der Waals surface area (Å²) in [6.07, 6.45) is 0. The van der Waals surface area contributed by atoms with Gasteiger partial charge in [0, 0.05) is 5.52 Å². The molecule has 2 rings (SSSR count). The normalized spacial score (nSPS) is 10.4. The molecule has 0 atom stereocenters. The molecule has 92 valence electrons. The summed E-state index contributed by atoms with van der Waals surface area (Å²) in [5.74, 6) is 0.176. The molecule has 0 aliphatic rings. The predicted octanol–water partition coefficient (Wildman–Crippen LogP) is 0.425. The van der Waals surface area contributed by atoms with Crippen molar-refractivity contribution in [2.24, 2.45) is 0 Å². The fourth-order valence-electron chi connectivity index (χ4n) is 1.62. The second-order valence-electron chi connectivity index (χ2n) is 4.25. The van der Waals surface area contributed by atoms with E-state index in [-0.39, 0.29) is 30.1 Å². The van der Waals surface area contributed by atoms with Crippen molar-refractivity contribution in [1.29, 1.82) is 0 Å². The van der Waals surface area contributed by atoms with Gasteiger partial charge in [-0.1, -0.05) is 41.5 Å². The van der Waals surface area contributed by atoms with Crippen LogP contribution in [0.1, 0.15) is 21.5 Å². The molecule has 4 heteroatoms. The van der Waals surface area contributed by atoms with E-state index in [2.05, 4.69) is 0 Å². The minimum atomic E-state index is 0. The Labute approximate surface area is 127 Å². The van der Waals surface area contributed by atoms with E-state index in [9.17, 15) is 9.90 Å². The molecule has 0 aliphatic heterocycles. The number of hydrogen-bond donors (Lipinski definition) is 1. The number of hydrogen-bond acceptors (Lipinski definition) is 2. The molecule has 2 nitrogen and oxygen atoms in total. The summed E-state index contributed by atoms with van der Waals surface area (Å²) >= 11 is 0. The van der Waals surface area contributed by atoms with Gasteiger partial charge < -0.3 is 18.5 Å². The fourth-order valence-corrected chi connectivity index (χ4v) is 2.63. The molecule has 0 heterocycles. The van der Waals surface area contributed by atoms with Crippen LogP contribution in [-0.2, 0) is 0 Å². The van der Waals surface area contributed by atoms with Gasteiger partial charge in [0.25, 0.3) is 0 Å². The van der Waals surface area contributed by atoms with Crippen LogP contribution in [0.15, 0.2) is 42.5 Å². The van der Waals surface area contributed by atoms with Gasteiger partial charge in [-0.05, 0) is 31.5 Å². The quantitative estimate of drug-likeness (QED) is 0.644. The molecular formula is C15H14LiO2P. The van der Waals surface area contributed by atoms with Gasteiger partial charge >= 0.3 is 18.9 Å². The Morgan fingerprint density at radius 1 is 1.05 bits per heavy atom. The van der Waals surface area contributed by atoms with Gasteiger partial charge in [-0.3, -0.25) is 0 Å². The molecule has 0 aliphatic carbocycles. The first kappa shape index (κ1) is 16.0. The first-order valence-corrected chi connectivity index (χ1v) is 6.58. The number of carbonyl (C=O) groups is 1. The summed E-state index contributed by atoms with van der Waals surface area (Å²) in [7, 11) is 0.675. The third-order valence-corrected chi connectivity index (χ3v) is 3.88. The van der Waals surface area contributed by atoms with Gasteiger partial charge in [0.1, 0.15) is 5.75 Å². The van der Waals surface area contributed by atoms with Crippen LogP contribution in [0.25, 0.3) is 0 Å². The van der Waals surface area contributed by atoms with Gasteiger partial charge in [0.05, 0.1) is 0 Å². The maximum atomic E-state index is 12.1. The van der Waals surface area contributed by atoms with Crippen molar-refractivity contribution in [2.45, 2.75) is 13.8 Å². The van der Waals surface area contributed by atoms with Crippen molar-refractivity contribution in [2.75, 3.05) is 0 Å². The fraction of sp³-hybridized carbons (Fsp3) is 0.133. The summed E-state index contributed by atoms with van der Waals surface area (Å²) in [5, 5.41) is 10.2. The summed E-state index contributed by atoms with van der Waals surface area (Å²) in [6, 6.07) is 12.5. The first-order valence-electron chi connectivity index (χ1n) is 5.68. The molecule has 0 spiro atoms. The Kier molecular flexibility index (Phi) is 5.82. The van der Waals surface area contributed by atoms with Crippen molar-refractivity contribution in [3.63, 3.8) is 0 Å². The van der Waals surface area contributed by atoms with Gasteiger partial charge in [-0.2, -0.15) is 5.30 Å². The largest absolute Gasteiger partial charge is 1.00 e. The van der Waals surface area contributed by atoms with Gasteiger partial charge in [-0.25, -0.2) is 0 Å². The smallest absolute Gasteiger partial charge is 0.508 e. The Morgan fingerprint density at radius 3 is 2.32 bits per heavy atom. The van der Waals surface area contributed by atoms with E-state index in [1.54, 1.807) is 12.1 Å². The van der Waals surface area contributed by atoms with E-state index in [4.69, 9.17) is 0 Å². The third-order valence-electron chi connectivity index (χ3n) is 2.70. The van der Waals surface area contributed by atoms with E-state index in [1.165, 1.54) is 12.1 Å². The van der Waals surface area contributed by atoms with E-state index < -0.39 is 0 Å². The van der Waals surface area contributed by atoms with E-state index in [1.807, 2.05) is 32.0 Å². The Morgan fingerprint density at radius 2 is 1.68 bits per heavy atom. The van der Waals surface area contributed by atoms with Crippen LogP contribution in [0.3, 0.4) is 0 Å². The average Bonchev–Trinajstić information content (AvgIpc) is 2.34. The van der Waals surface area contributed by atoms with Gasteiger partial charge in [0.2, 0.25) is 0 Å². The summed E-state index contributed by atoms with van der Waals surface area (Å²) < 4.78 is 0. The zero-order valence-corrected chi connectivity index (χ0v) is 12.2. The molecule has 2 aromatic rings. The molecule has 2 aromatic carbocycles. The number of rotatable bonds is 3. The first-order chi connectivity index (χ1) is 8.56. The maximum Gasteiger partial charge on any atom is 1.00 e. The number of phenols is 1. The SMILES string of the molecule is Cc1ccc(C)c([P-]C(=O)c2ccc(O)cc2)c1.[Li+]. The van der Waals surface area contributed by atoms with E-state index in [0.717, 1.165) is 16.4 Å². The monoisotopic (exact) mass is 264 g/mol. The van der Waals surface area contributed by atoms with Crippen LogP contribution in [0.5, 0.6) is 5.75 Å². The molecular weight excluding hydrogens is 250 g/mol. The van der Waals surface area contributed by atoms with Crippen molar-refractivity contribution < 1.29 is 28.8 Å². The zero-order valence-electron chi connectivity index (χ0n) is 11.3. The van der Waals surface area contributed by atoms with E-state index in [0.29, 0.717) is 14.1 Å².